The first-order valence-electron chi connectivity index (χ1n) is 3.20. The molecule has 1 aliphatic rings. The molecule has 0 atom stereocenters. The maximum atomic E-state index is 7.43. The van der Waals surface area contributed by atoms with Crippen molar-refractivity contribution in [2.45, 2.75) is 6.92 Å². The van der Waals surface area contributed by atoms with Gasteiger partial charge in [0.25, 0.3) is 0 Å². The van der Waals surface area contributed by atoms with Gasteiger partial charge >= 0.3 is 0 Å². The highest BCUT2D eigenvalue weighted by atomic mass is 79.9. The van der Waals surface area contributed by atoms with Crippen LogP contribution < -0.4 is 5.32 Å². The molecule has 0 saturated heterocycles. The van der Waals surface area contributed by atoms with E-state index < -0.39 is 0 Å². The van der Waals surface area contributed by atoms with Gasteiger partial charge in [-0.15, -0.1) is 0 Å². The molecule has 0 amide bonds. The van der Waals surface area contributed by atoms with Crippen molar-refractivity contribution < 1.29 is 0 Å². The smallest absolute Gasteiger partial charge is 0.130 e. The van der Waals surface area contributed by atoms with E-state index in [0.29, 0.717) is 5.84 Å². The van der Waals surface area contributed by atoms with E-state index in [-0.39, 0.29) is 0 Å². The van der Waals surface area contributed by atoms with Gasteiger partial charge in [0, 0.05) is 16.3 Å². The standard InChI is InChI=1S/C8H9BrN2/c1-5(2)3-6-7(9)4-11-8(6)10/h3-4H,1H2,2H3,(H2,10,11)/b6-3-. The van der Waals surface area contributed by atoms with Crippen molar-refractivity contribution in [3.63, 3.8) is 0 Å². The van der Waals surface area contributed by atoms with Crippen LogP contribution in [0.5, 0.6) is 0 Å². The van der Waals surface area contributed by atoms with Gasteiger partial charge in [0.15, 0.2) is 0 Å². The van der Waals surface area contributed by atoms with E-state index in [0.717, 1.165) is 15.6 Å². The van der Waals surface area contributed by atoms with Crippen LogP contribution in [0.1, 0.15) is 6.92 Å². The van der Waals surface area contributed by atoms with E-state index >= 15 is 0 Å². The van der Waals surface area contributed by atoms with Crippen molar-refractivity contribution in [1.29, 1.82) is 5.41 Å². The molecule has 0 unspecified atom stereocenters. The third-order valence-electron chi connectivity index (χ3n) is 1.26. The summed E-state index contributed by atoms with van der Waals surface area (Å²) < 4.78 is 0.908. The van der Waals surface area contributed by atoms with Crippen LogP contribution in [0, 0.1) is 5.41 Å². The molecule has 2 N–H and O–H groups in total. The predicted octanol–water partition coefficient (Wildman–Crippen LogP) is 2.31. The first-order valence-corrected chi connectivity index (χ1v) is 3.99. The molecule has 0 aromatic rings. The zero-order chi connectivity index (χ0) is 8.43. The highest BCUT2D eigenvalue weighted by Crippen LogP contribution is 2.22. The van der Waals surface area contributed by atoms with E-state index in [4.69, 9.17) is 5.41 Å². The molecule has 0 aromatic carbocycles. The first-order chi connectivity index (χ1) is 5.11. The quantitative estimate of drug-likeness (QED) is 0.688. The van der Waals surface area contributed by atoms with Crippen LogP contribution in [-0.2, 0) is 0 Å². The minimum absolute atomic E-state index is 0.417. The van der Waals surface area contributed by atoms with Gasteiger partial charge in [0.05, 0.1) is 0 Å². The second kappa shape index (κ2) is 3.05. The van der Waals surface area contributed by atoms with E-state index in [2.05, 4.69) is 27.8 Å². The topological polar surface area (TPSA) is 35.9 Å². The summed E-state index contributed by atoms with van der Waals surface area (Å²) in [5, 5.41) is 10.2. The lowest BCUT2D eigenvalue weighted by Gasteiger charge is -1.97. The average Bonchev–Trinajstić information content (AvgIpc) is 2.18. The van der Waals surface area contributed by atoms with Gasteiger partial charge in [-0.25, -0.2) is 0 Å². The number of hydrogen-bond donors (Lipinski definition) is 2. The van der Waals surface area contributed by atoms with Crippen LogP contribution in [-0.4, -0.2) is 5.84 Å². The third-order valence-corrected chi connectivity index (χ3v) is 1.92. The van der Waals surface area contributed by atoms with E-state index in [9.17, 15) is 0 Å². The number of allylic oxidation sites excluding steroid dienone is 2. The fourth-order valence-corrected chi connectivity index (χ4v) is 1.23. The highest BCUT2D eigenvalue weighted by Gasteiger charge is 2.13. The molecule has 0 radical (unpaired) electrons. The normalized spacial score (nSPS) is 20.0. The second-order valence-corrected chi connectivity index (χ2v) is 3.27. The van der Waals surface area contributed by atoms with Crippen molar-refractivity contribution in [3.8, 4) is 0 Å². The van der Waals surface area contributed by atoms with E-state index in [1.165, 1.54) is 0 Å². The van der Waals surface area contributed by atoms with E-state index in [1.54, 1.807) is 6.20 Å². The van der Waals surface area contributed by atoms with Crippen LogP contribution in [0.3, 0.4) is 0 Å². The molecule has 2 nitrogen and oxygen atoms in total. The van der Waals surface area contributed by atoms with Crippen LogP contribution in [0.4, 0.5) is 0 Å². The Hall–Kier alpha value is -0.830. The maximum absolute atomic E-state index is 7.43. The highest BCUT2D eigenvalue weighted by molar-refractivity contribution is 9.12. The Bertz CT molecular complexity index is 274. The van der Waals surface area contributed by atoms with Crippen LogP contribution in [0.25, 0.3) is 0 Å². The molecule has 0 fully saturated rings. The molecule has 1 heterocycles. The fraction of sp³-hybridized carbons (Fsp3) is 0.125. The second-order valence-electron chi connectivity index (χ2n) is 2.42. The summed E-state index contributed by atoms with van der Waals surface area (Å²) >= 11 is 3.32. The Morgan fingerprint density at radius 3 is 2.82 bits per heavy atom. The van der Waals surface area contributed by atoms with Gasteiger partial charge in [-0.3, -0.25) is 5.41 Å². The molecular formula is C8H9BrN2. The third kappa shape index (κ3) is 1.80. The van der Waals surface area contributed by atoms with Crippen molar-refractivity contribution in [2.24, 2.45) is 0 Å². The Morgan fingerprint density at radius 1 is 1.82 bits per heavy atom. The fourth-order valence-electron chi connectivity index (χ4n) is 0.798. The van der Waals surface area contributed by atoms with Gasteiger partial charge in [-0.05, 0) is 28.9 Å². The summed E-state index contributed by atoms with van der Waals surface area (Å²) in [6, 6.07) is 0. The molecule has 58 valence electrons. The monoisotopic (exact) mass is 212 g/mol. The van der Waals surface area contributed by atoms with Gasteiger partial charge < -0.3 is 5.32 Å². The lowest BCUT2D eigenvalue weighted by Crippen LogP contribution is -2.10. The molecule has 1 aliphatic heterocycles. The van der Waals surface area contributed by atoms with Gasteiger partial charge in [0.1, 0.15) is 5.84 Å². The number of halogens is 1. The summed E-state index contributed by atoms with van der Waals surface area (Å²) in [5.74, 6) is 0.417. The molecule has 3 heteroatoms. The maximum Gasteiger partial charge on any atom is 0.130 e. The molecular weight excluding hydrogens is 204 g/mol. The molecule has 1 rings (SSSR count). The summed E-state index contributed by atoms with van der Waals surface area (Å²) in [6.07, 6.45) is 3.61. The minimum Gasteiger partial charge on any atom is -0.345 e. The molecule has 11 heavy (non-hydrogen) atoms. The predicted molar refractivity (Wildman–Crippen MR) is 50.8 cm³/mol. The van der Waals surface area contributed by atoms with Crippen molar-refractivity contribution in [3.05, 3.63) is 34.5 Å². The number of nitrogens with one attached hydrogen (secondary N) is 2. The Morgan fingerprint density at radius 2 is 2.45 bits per heavy atom. The summed E-state index contributed by atoms with van der Waals surface area (Å²) in [4.78, 5) is 0. The SMILES string of the molecule is C=C(C)/C=C1\C(=N)NC=C1Br. The largest absolute Gasteiger partial charge is 0.345 e. The zero-order valence-corrected chi connectivity index (χ0v) is 7.83. The van der Waals surface area contributed by atoms with Crippen LogP contribution >= 0.6 is 15.9 Å². The molecule has 0 spiro atoms. The zero-order valence-electron chi connectivity index (χ0n) is 6.24. The molecule has 0 aliphatic carbocycles. The van der Waals surface area contributed by atoms with Crippen LogP contribution in [0.15, 0.2) is 34.5 Å². The molecule has 0 saturated carbocycles. The Labute approximate surface area is 74.3 Å². The molecule has 0 bridgehead atoms. The number of rotatable bonds is 1. The summed E-state index contributed by atoms with van der Waals surface area (Å²) in [7, 11) is 0. The van der Waals surface area contributed by atoms with Crippen molar-refractivity contribution in [1.82, 2.24) is 5.32 Å². The van der Waals surface area contributed by atoms with Gasteiger partial charge in [0.2, 0.25) is 0 Å². The summed E-state index contributed by atoms with van der Waals surface area (Å²) in [5.41, 5.74) is 1.80. The number of hydrogen-bond acceptors (Lipinski definition) is 1. The number of amidine groups is 1. The minimum atomic E-state index is 0.417. The Kier molecular flexibility index (Phi) is 2.29. The van der Waals surface area contributed by atoms with Gasteiger partial charge in [-0.1, -0.05) is 12.2 Å². The van der Waals surface area contributed by atoms with E-state index in [1.807, 2.05) is 13.0 Å². The average molecular weight is 213 g/mol. The lowest BCUT2D eigenvalue weighted by atomic mass is 10.2. The van der Waals surface area contributed by atoms with Crippen LogP contribution in [0.2, 0.25) is 0 Å². The molecule has 0 aromatic heterocycles. The van der Waals surface area contributed by atoms with Crippen molar-refractivity contribution >= 4 is 21.8 Å². The Balaban J connectivity index is 2.95. The lowest BCUT2D eigenvalue weighted by molar-refractivity contribution is 1.27. The summed E-state index contributed by atoms with van der Waals surface area (Å²) in [6.45, 7) is 5.64. The first kappa shape index (κ1) is 8.27. The van der Waals surface area contributed by atoms with Gasteiger partial charge in [-0.2, -0.15) is 0 Å². The van der Waals surface area contributed by atoms with Crippen molar-refractivity contribution in [2.75, 3.05) is 0 Å².